The van der Waals surface area contributed by atoms with Gasteiger partial charge in [-0.1, -0.05) is 32.4 Å². The van der Waals surface area contributed by atoms with E-state index in [-0.39, 0.29) is 12.4 Å². The average Bonchev–Trinajstić information content (AvgIpc) is 2.45. The standard InChI is InChI=1S/C15H25NO3S/c1-3-12(2)10-20(18)11-14(17)9-19-15-6-4-5-13(7-15)8-16/h4-7,12,14,17H,3,8-11,16H2,1-2H3. The van der Waals surface area contributed by atoms with Crippen LogP contribution in [0.15, 0.2) is 24.3 Å². The Morgan fingerprint density at radius 3 is 2.80 bits per heavy atom. The third-order valence-electron chi connectivity index (χ3n) is 3.12. The Balaban J connectivity index is 2.35. The second kappa shape index (κ2) is 9.10. The van der Waals surface area contributed by atoms with Gasteiger partial charge in [0.25, 0.3) is 0 Å². The van der Waals surface area contributed by atoms with Gasteiger partial charge >= 0.3 is 0 Å². The maximum Gasteiger partial charge on any atom is 0.119 e. The molecule has 1 aromatic carbocycles. The molecule has 114 valence electrons. The SMILES string of the molecule is CCC(C)CS(=O)CC(O)COc1cccc(CN)c1. The molecular formula is C15H25NO3S. The molecule has 20 heavy (non-hydrogen) atoms. The van der Waals surface area contributed by atoms with E-state index in [1.807, 2.05) is 24.3 Å². The van der Waals surface area contributed by atoms with Gasteiger partial charge in [-0.2, -0.15) is 0 Å². The lowest BCUT2D eigenvalue weighted by Gasteiger charge is -2.14. The fraction of sp³-hybridized carbons (Fsp3) is 0.600. The van der Waals surface area contributed by atoms with Crippen molar-refractivity contribution < 1.29 is 14.1 Å². The Bertz CT molecular complexity index is 425. The lowest BCUT2D eigenvalue weighted by atomic mass is 10.2. The summed E-state index contributed by atoms with van der Waals surface area (Å²) in [6.45, 7) is 4.75. The highest BCUT2D eigenvalue weighted by Gasteiger charge is 2.12. The zero-order valence-corrected chi connectivity index (χ0v) is 13.1. The maximum atomic E-state index is 11.8. The van der Waals surface area contributed by atoms with E-state index in [1.165, 1.54) is 0 Å². The van der Waals surface area contributed by atoms with Gasteiger partial charge in [-0.25, -0.2) is 0 Å². The Morgan fingerprint density at radius 1 is 1.40 bits per heavy atom. The molecule has 0 radical (unpaired) electrons. The van der Waals surface area contributed by atoms with Gasteiger partial charge in [-0.05, 0) is 23.6 Å². The first-order valence-electron chi connectivity index (χ1n) is 7.00. The number of nitrogens with two attached hydrogens (primary N) is 1. The van der Waals surface area contributed by atoms with E-state index in [4.69, 9.17) is 10.5 Å². The summed E-state index contributed by atoms with van der Waals surface area (Å²) in [5.74, 6) is 2.00. The maximum absolute atomic E-state index is 11.8. The summed E-state index contributed by atoms with van der Waals surface area (Å²) in [4.78, 5) is 0. The highest BCUT2D eigenvalue weighted by atomic mass is 32.2. The molecule has 0 amide bonds. The Kier molecular flexibility index (Phi) is 7.80. The van der Waals surface area contributed by atoms with Crippen molar-refractivity contribution in [3.8, 4) is 5.75 Å². The van der Waals surface area contributed by atoms with Crippen molar-refractivity contribution in [2.24, 2.45) is 11.7 Å². The van der Waals surface area contributed by atoms with Crippen LogP contribution in [0.5, 0.6) is 5.75 Å². The van der Waals surface area contributed by atoms with Gasteiger partial charge in [0.15, 0.2) is 0 Å². The molecule has 0 heterocycles. The van der Waals surface area contributed by atoms with E-state index < -0.39 is 16.9 Å². The molecule has 0 bridgehead atoms. The largest absolute Gasteiger partial charge is 0.491 e. The Hall–Kier alpha value is -0.910. The van der Waals surface area contributed by atoms with Crippen molar-refractivity contribution in [3.63, 3.8) is 0 Å². The normalized spacial score (nSPS) is 15.6. The van der Waals surface area contributed by atoms with E-state index in [1.54, 1.807) is 0 Å². The van der Waals surface area contributed by atoms with Crippen LogP contribution in [0.4, 0.5) is 0 Å². The first-order valence-corrected chi connectivity index (χ1v) is 8.48. The van der Waals surface area contributed by atoms with E-state index in [0.29, 0.717) is 24.0 Å². The van der Waals surface area contributed by atoms with Crippen LogP contribution in [0.25, 0.3) is 0 Å². The van der Waals surface area contributed by atoms with Crippen LogP contribution in [0.2, 0.25) is 0 Å². The van der Waals surface area contributed by atoms with Gasteiger partial charge in [-0.3, -0.25) is 4.21 Å². The number of benzene rings is 1. The van der Waals surface area contributed by atoms with Crippen molar-refractivity contribution in [1.29, 1.82) is 0 Å². The number of aliphatic hydroxyl groups is 1. The molecule has 0 aliphatic rings. The number of hydrogen-bond acceptors (Lipinski definition) is 4. The molecule has 0 spiro atoms. The highest BCUT2D eigenvalue weighted by molar-refractivity contribution is 7.85. The van der Waals surface area contributed by atoms with Crippen LogP contribution >= 0.6 is 0 Å². The van der Waals surface area contributed by atoms with Gasteiger partial charge in [0.2, 0.25) is 0 Å². The fourth-order valence-corrected chi connectivity index (χ4v) is 3.25. The molecule has 0 saturated carbocycles. The van der Waals surface area contributed by atoms with Gasteiger partial charge in [0.1, 0.15) is 12.4 Å². The van der Waals surface area contributed by atoms with Crippen LogP contribution in [-0.2, 0) is 17.3 Å². The summed E-state index contributed by atoms with van der Waals surface area (Å²) in [7, 11) is -0.994. The monoisotopic (exact) mass is 299 g/mol. The number of aliphatic hydroxyl groups excluding tert-OH is 1. The topological polar surface area (TPSA) is 72.5 Å². The van der Waals surface area contributed by atoms with Gasteiger partial charge in [-0.15, -0.1) is 0 Å². The molecule has 5 heteroatoms. The van der Waals surface area contributed by atoms with Crippen molar-refractivity contribution in [3.05, 3.63) is 29.8 Å². The summed E-state index contributed by atoms with van der Waals surface area (Å²) in [5, 5.41) is 9.85. The molecular weight excluding hydrogens is 274 g/mol. The summed E-state index contributed by atoms with van der Waals surface area (Å²) < 4.78 is 17.3. The second-order valence-corrected chi connectivity index (χ2v) is 6.65. The van der Waals surface area contributed by atoms with Crippen molar-refractivity contribution >= 4 is 10.8 Å². The minimum absolute atomic E-state index is 0.153. The Morgan fingerprint density at radius 2 is 2.15 bits per heavy atom. The van der Waals surface area contributed by atoms with Crippen LogP contribution in [0.3, 0.4) is 0 Å². The molecule has 0 fully saturated rings. The molecule has 3 atom stereocenters. The minimum Gasteiger partial charge on any atom is -0.491 e. The van der Waals surface area contributed by atoms with Crippen molar-refractivity contribution in [2.45, 2.75) is 32.9 Å². The number of hydrogen-bond donors (Lipinski definition) is 2. The smallest absolute Gasteiger partial charge is 0.119 e. The third kappa shape index (κ3) is 6.50. The molecule has 0 aliphatic heterocycles. The van der Waals surface area contributed by atoms with E-state index in [0.717, 1.165) is 12.0 Å². The van der Waals surface area contributed by atoms with Crippen molar-refractivity contribution in [2.75, 3.05) is 18.1 Å². The van der Waals surface area contributed by atoms with Crippen LogP contribution < -0.4 is 10.5 Å². The lowest BCUT2D eigenvalue weighted by Crippen LogP contribution is -2.26. The summed E-state index contributed by atoms with van der Waals surface area (Å²) in [5.41, 5.74) is 6.54. The first kappa shape index (κ1) is 17.1. The molecule has 4 nitrogen and oxygen atoms in total. The first-order chi connectivity index (χ1) is 9.55. The molecule has 0 aliphatic carbocycles. The van der Waals surface area contributed by atoms with Crippen LogP contribution in [-0.4, -0.2) is 33.5 Å². The van der Waals surface area contributed by atoms with Gasteiger partial charge in [0.05, 0.1) is 11.9 Å². The third-order valence-corrected chi connectivity index (χ3v) is 4.82. The highest BCUT2D eigenvalue weighted by Crippen LogP contribution is 2.13. The van der Waals surface area contributed by atoms with E-state index >= 15 is 0 Å². The zero-order valence-electron chi connectivity index (χ0n) is 12.2. The summed E-state index contributed by atoms with van der Waals surface area (Å²) >= 11 is 0. The summed E-state index contributed by atoms with van der Waals surface area (Å²) in [6.07, 6.45) is 0.297. The van der Waals surface area contributed by atoms with Gasteiger partial charge in [0, 0.05) is 23.1 Å². The van der Waals surface area contributed by atoms with Crippen molar-refractivity contribution in [1.82, 2.24) is 0 Å². The molecule has 1 aromatic rings. The van der Waals surface area contributed by atoms with Crippen LogP contribution in [0, 0.1) is 5.92 Å². The van der Waals surface area contributed by atoms with Gasteiger partial charge < -0.3 is 15.6 Å². The number of ether oxygens (including phenoxy) is 1. The Labute approximate surface area is 123 Å². The zero-order chi connectivity index (χ0) is 15.0. The number of rotatable bonds is 9. The predicted octanol–water partition coefficient (Wildman–Crippen LogP) is 1.68. The average molecular weight is 299 g/mol. The van der Waals surface area contributed by atoms with Crippen LogP contribution in [0.1, 0.15) is 25.8 Å². The predicted molar refractivity (Wildman–Crippen MR) is 83.2 cm³/mol. The minimum atomic E-state index is -0.994. The molecule has 0 saturated heterocycles. The fourth-order valence-electron chi connectivity index (χ4n) is 1.72. The second-order valence-electron chi connectivity index (χ2n) is 5.10. The molecule has 0 aromatic heterocycles. The quantitative estimate of drug-likeness (QED) is 0.727. The molecule has 1 rings (SSSR count). The van der Waals surface area contributed by atoms with E-state index in [9.17, 15) is 9.32 Å². The molecule has 3 N–H and O–H groups in total. The summed E-state index contributed by atoms with van der Waals surface area (Å²) in [6, 6.07) is 7.46. The lowest BCUT2D eigenvalue weighted by molar-refractivity contribution is 0.125. The molecule has 3 unspecified atom stereocenters. The van der Waals surface area contributed by atoms with E-state index in [2.05, 4.69) is 13.8 Å².